The van der Waals surface area contributed by atoms with Crippen LogP contribution < -0.4 is 11.1 Å². The number of nitrogens with two attached hydrogens (primary N) is 1. The van der Waals surface area contributed by atoms with Crippen LogP contribution in [0.4, 0.5) is 0 Å². The van der Waals surface area contributed by atoms with Crippen molar-refractivity contribution in [3.8, 4) is 0 Å². The molecule has 1 aliphatic rings. The third-order valence-electron chi connectivity index (χ3n) is 2.73. The number of pyridine rings is 1. The molecular weight excluding hydrogens is 314 g/mol. The zero-order valence-electron chi connectivity index (χ0n) is 9.93. The van der Waals surface area contributed by atoms with Crippen LogP contribution >= 0.6 is 27.7 Å². The van der Waals surface area contributed by atoms with Crippen molar-refractivity contribution in [2.24, 2.45) is 5.73 Å². The van der Waals surface area contributed by atoms with Crippen LogP contribution in [0.1, 0.15) is 19.3 Å². The van der Waals surface area contributed by atoms with Gasteiger partial charge in [-0.25, -0.2) is 4.98 Å². The van der Waals surface area contributed by atoms with Crippen LogP contribution in [0.5, 0.6) is 0 Å². The maximum absolute atomic E-state index is 11.3. The molecule has 0 bridgehead atoms. The third kappa shape index (κ3) is 4.26. The maximum atomic E-state index is 11.3. The fraction of sp³-hybridized carbons (Fsp3) is 0.500. The largest absolute Gasteiger partial charge is 0.368 e. The molecule has 0 aromatic carbocycles. The van der Waals surface area contributed by atoms with Gasteiger partial charge in [0.2, 0.25) is 5.91 Å². The van der Waals surface area contributed by atoms with Gasteiger partial charge in [0.05, 0.1) is 6.04 Å². The van der Waals surface area contributed by atoms with Gasteiger partial charge in [0.15, 0.2) is 0 Å². The number of thioether (sulfide) groups is 1. The lowest BCUT2D eigenvalue weighted by Crippen LogP contribution is -2.42. The molecule has 0 aliphatic heterocycles. The zero-order valence-corrected chi connectivity index (χ0v) is 12.3. The molecule has 1 heterocycles. The molecule has 1 aromatic heterocycles. The SMILES string of the molecule is NC(=O)C(CCSc1ncccc1Br)NC1CC1. The van der Waals surface area contributed by atoms with E-state index in [1.54, 1.807) is 18.0 Å². The van der Waals surface area contributed by atoms with E-state index in [1.165, 1.54) is 0 Å². The van der Waals surface area contributed by atoms with E-state index in [4.69, 9.17) is 5.73 Å². The van der Waals surface area contributed by atoms with Gasteiger partial charge >= 0.3 is 0 Å². The Morgan fingerprint density at radius 3 is 3.06 bits per heavy atom. The molecule has 4 nitrogen and oxygen atoms in total. The second-order valence-electron chi connectivity index (χ2n) is 4.32. The number of aromatic nitrogens is 1. The van der Waals surface area contributed by atoms with Crippen molar-refractivity contribution in [2.75, 3.05) is 5.75 Å². The van der Waals surface area contributed by atoms with Gasteiger partial charge in [0, 0.05) is 22.5 Å². The smallest absolute Gasteiger partial charge is 0.234 e. The topological polar surface area (TPSA) is 68.0 Å². The van der Waals surface area contributed by atoms with Crippen molar-refractivity contribution in [3.63, 3.8) is 0 Å². The summed E-state index contributed by atoms with van der Waals surface area (Å²) in [6.45, 7) is 0. The minimum Gasteiger partial charge on any atom is -0.368 e. The van der Waals surface area contributed by atoms with E-state index in [0.29, 0.717) is 6.04 Å². The molecule has 6 heteroatoms. The summed E-state index contributed by atoms with van der Waals surface area (Å²) in [7, 11) is 0. The Bertz CT molecular complexity index is 426. The summed E-state index contributed by atoms with van der Waals surface area (Å²) in [6, 6.07) is 4.12. The number of rotatable bonds is 7. The van der Waals surface area contributed by atoms with Crippen LogP contribution in [0.15, 0.2) is 27.8 Å². The van der Waals surface area contributed by atoms with Crippen molar-refractivity contribution < 1.29 is 4.79 Å². The summed E-state index contributed by atoms with van der Waals surface area (Å²) in [5.74, 6) is 0.561. The lowest BCUT2D eigenvalue weighted by Gasteiger charge is -2.14. The average molecular weight is 330 g/mol. The third-order valence-corrected chi connectivity index (χ3v) is 4.67. The molecule has 1 unspecified atom stereocenters. The predicted octanol–water partition coefficient (Wildman–Crippen LogP) is 1.93. The van der Waals surface area contributed by atoms with E-state index in [-0.39, 0.29) is 11.9 Å². The van der Waals surface area contributed by atoms with Crippen LogP contribution in [0.2, 0.25) is 0 Å². The summed E-state index contributed by atoms with van der Waals surface area (Å²) in [6.07, 6.45) is 4.81. The highest BCUT2D eigenvalue weighted by atomic mass is 79.9. The fourth-order valence-electron chi connectivity index (χ4n) is 1.59. The van der Waals surface area contributed by atoms with E-state index < -0.39 is 0 Å². The molecule has 1 fully saturated rings. The highest BCUT2D eigenvalue weighted by Crippen LogP contribution is 2.26. The van der Waals surface area contributed by atoms with E-state index >= 15 is 0 Å². The van der Waals surface area contributed by atoms with E-state index in [0.717, 1.165) is 34.5 Å². The van der Waals surface area contributed by atoms with Crippen LogP contribution in [-0.4, -0.2) is 28.7 Å². The lowest BCUT2D eigenvalue weighted by atomic mass is 10.2. The number of nitrogens with one attached hydrogen (secondary N) is 1. The maximum Gasteiger partial charge on any atom is 0.234 e. The number of primary amides is 1. The molecule has 0 radical (unpaired) electrons. The highest BCUT2D eigenvalue weighted by Gasteiger charge is 2.26. The number of nitrogens with zero attached hydrogens (tertiary/aromatic N) is 1. The summed E-state index contributed by atoms with van der Waals surface area (Å²) < 4.78 is 0.987. The van der Waals surface area contributed by atoms with Gasteiger partial charge < -0.3 is 11.1 Å². The molecule has 1 saturated carbocycles. The molecule has 3 N–H and O–H groups in total. The van der Waals surface area contributed by atoms with E-state index in [2.05, 4.69) is 26.2 Å². The normalized spacial score (nSPS) is 16.5. The van der Waals surface area contributed by atoms with Gasteiger partial charge in [-0.05, 0) is 47.3 Å². The molecule has 0 spiro atoms. The Morgan fingerprint density at radius 1 is 1.67 bits per heavy atom. The first-order valence-electron chi connectivity index (χ1n) is 5.95. The van der Waals surface area contributed by atoms with Gasteiger partial charge in [0.25, 0.3) is 0 Å². The number of carbonyl (C=O) groups is 1. The monoisotopic (exact) mass is 329 g/mol. The Balaban J connectivity index is 1.79. The number of carbonyl (C=O) groups excluding carboxylic acids is 1. The van der Waals surface area contributed by atoms with Gasteiger partial charge in [-0.15, -0.1) is 11.8 Å². The summed E-state index contributed by atoms with van der Waals surface area (Å²) >= 11 is 5.09. The van der Waals surface area contributed by atoms with Crippen LogP contribution in [-0.2, 0) is 4.79 Å². The summed E-state index contributed by atoms with van der Waals surface area (Å²) in [5, 5.41) is 4.22. The first kappa shape index (κ1) is 13.8. The number of halogens is 1. The average Bonchev–Trinajstić information content (AvgIpc) is 3.14. The first-order chi connectivity index (χ1) is 8.66. The summed E-state index contributed by atoms with van der Waals surface area (Å²) in [4.78, 5) is 15.6. The van der Waals surface area contributed by atoms with Crippen molar-refractivity contribution in [2.45, 2.75) is 36.4 Å². The summed E-state index contributed by atoms with van der Waals surface area (Å²) in [5.41, 5.74) is 5.39. The quantitative estimate of drug-likeness (QED) is 0.750. The fourth-order valence-corrected chi connectivity index (χ4v) is 3.08. The number of amides is 1. The molecule has 1 aromatic rings. The second kappa shape index (κ2) is 6.54. The van der Waals surface area contributed by atoms with Crippen molar-refractivity contribution >= 4 is 33.6 Å². The van der Waals surface area contributed by atoms with Gasteiger partial charge in [0.1, 0.15) is 5.03 Å². The lowest BCUT2D eigenvalue weighted by molar-refractivity contribution is -0.120. The van der Waals surface area contributed by atoms with Crippen LogP contribution in [0, 0.1) is 0 Å². The molecular formula is C12H16BrN3OS. The molecule has 98 valence electrons. The predicted molar refractivity (Wildman–Crippen MR) is 76.4 cm³/mol. The van der Waals surface area contributed by atoms with E-state index in [9.17, 15) is 4.79 Å². The van der Waals surface area contributed by atoms with Crippen molar-refractivity contribution in [3.05, 3.63) is 22.8 Å². The van der Waals surface area contributed by atoms with Crippen LogP contribution in [0.25, 0.3) is 0 Å². The molecule has 1 amide bonds. The Morgan fingerprint density at radius 2 is 2.44 bits per heavy atom. The molecule has 1 atom stereocenters. The Hall–Kier alpha value is -0.590. The second-order valence-corrected chi connectivity index (χ2v) is 6.26. The van der Waals surface area contributed by atoms with Gasteiger partial charge in [-0.1, -0.05) is 0 Å². The molecule has 18 heavy (non-hydrogen) atoms. The van der Waals surface area contributed by atoms with Gasteiger partial charge in [-0.3, -0.25) is 4.79 Å². The Labute approximate surface area is 119 Å². The first-order valence-corrected chi connectivity index (χ1v) is 7.73. The van der Waals surface area contributed by atoms with Crippen LogP contribution in [0.3, 0.4) is 0 Å². The molecule has 0 saturated heterocycles. The Kier molecular flexibility index (Phi) is 5.03. The van der Waals surface area contributed by atoms with E-state index in [1.807, 2.05) is 12.1 Å². The number of hydrogen-bond donors (Lipinski definition) is 2. The van der Waals surface area contributed by atoms with Crippen molar-refractivity contribution in [1.29, 1.82) is 0 Å². The van der Waals surface area contributed by atoms with Crippen molar-refractivity contribution in [1.82, 2.24) is 10.3 Å². The molecule has 1 aliphatic carbocycles. The molecule has 2 rings (SSSR count). The minimum atomic E-state index is -0.261. The highest BCUT2D eigenvalue weighted by molar-refractivity contribution is 9.10. The minimum absolute atomic E-state index is 0.215. The van der Waals surface area contributed by atoms with Gasteiger partial charge in [-0.2, -0.15) is 0 Å². The zero-order chi connectivity index (χ0) is 13.0. The number of hydrogen-bond acceptors (Lipinski definition) is 4. The standard InChI is InChI=1S/C12H16BrN3OS/c13-9-2-1-6-15-12(9)18-7-5-10(11(14)17)16-8-3-4-8/h1-2,6,8,10,16H,3-5,7H2,(H2,14,17).